The molecule has 1 aromatic heterocycles. The Hall–Kier alpha value is -1.32. The molecule has 2 aromatic rings. The van der Waals surface area contributed by atoms with Crippen LogP contribution in [0.3, 0.4) is 0 Å². The third-order valence-electron chi connectivity index (χ3n) is 3.83. The van der Waals surface area contributed by atoms with Crippen molar-refractivity contribution < 1.29 is 32.6 Å². The van der Waals surface area contributed by atoms with Gasteiger partial charge in [-0.3, -0.25) is 4.79 Å². The first kappa shape index (κ1) is 23.0. The minimum Gasteiger partial charge on any atom is -0.465 e. The Morgan fingerprint density at radius 1 is 1.14 bits per heavy atom. The van der Waals surface area contributed by atoms with Crippen molar-refractivity contribution in [2.45, 2.75) is 25.1 Å². The molecule has 1 N–H and O–H groups in total. The maximum atomic E-state index is 13.7. The van der Waals surface area contributed by atoms with E-state index in [0.717, 1.165) is 19.2 Å². The minimum absolute atomic E-state index is 0.0548. The van der Waals surface area contributed by atoms with Crippen LogP contribution in [0.4, 0.5) is 13.2 Å². The fourth-order valence-electron chi connectivity index (χ4n) is 2.50. The van der Waals surface area contributed by atoms with Crippen LogP contribution < -0.4 is 0 Å². The average Bonchev–Trinajstić information content (AvgIpc) is 2.98. The molecule has 4 nitrogen and oxygen atoms in total. The quantitative estimate of drug-likeness (QED) is 0.343. The third kappa shape index (κ3) is 4.63. The molecule has 28 heavy (non-hydrogen) atoms. The van der Waals surface area contributed by atoms with E-state index >= 15 is 0 Å². The lowest BCUT2D eigenvalue weighted by atomic mass is 9.89. The Bertz CT molecular complexity index is 904. The minimum atomic E-state index is -4.99. The van der Waals surface area contributed by atoms with Crippen molar-refractivity contribution in [2.75, 3.05) is 7.11 Å². The summed E-state index contributed by atoms with van der Waals surface area (Å²) in [5.74, 6) is -4.54. The highest BCUT2D eigenvalue weighted by molar-refractivity contribution is 7.16. The number of hydrogen-bond donors (Lipinski definition) is 1. The Kier molecular flexibility index (Phi) is 7.04. The van der Waals surface area contributed by atoms with Crippen molar-refractivity contribution in [3.05, 3.63) is 54.1 Å². The predicted octanol–water partition coefficient (Wildman–Crippen LogP) is 5.69. The Morgan fingerprint density at radius 3 is 2.14 bits per heavy atom. The first-order chi connectivity index (χ1) is 12.9. The summed E-state index contributed by atoms with van der Waals surface area (Å²) in [5.41, 5.74) is -0.178. The van der Waals surface area contributed by atoms with Crippen LogP contribution in [-0.4, -0.2) is 36.2 Å². The fourth-order valence-corrected chi connectivity index (χ4v) is 4.18. The highest BCUT2D eigenvalue weighted by Crippen LogP contribution is 2.42. The van der Waals surface area contributed by atoms with Crippen LogP contribution in [0.2, 0.25) is 15.1 Å². The Morgan fingerprint density at radius 2 is 1.68 bits per heavy atom. The summed E-state index contributed by atoms with van der Waals surface area (Å²) >= 11 is 18.0. The fraction of sp³-hybridized carbons (Fsp3) is 0.294. The number of aliphatic hydroxyl groups excluding tert-OH is 1. The zero-order chi connectivity index (χ0) is 21.4. The molecule has 2 atom stereocenters. The number of hydrogen-bond acceptors (Lipinski definition) is 5. The molecule has 0 amide bonds. The summed E-state index contributed by atoms with van der Waals surface area (Å²) in [6, 6.07) is 3.01. The monoisotopic (exact) mass is 474 g/mol. The molecule has 2 rings (SSSR count). The molecule has 0 aliphatic carbocycles. The number of methoxy groups -OCH3 is 1. The number of carbonyl (C=O) groups is 2. The van der Waals surface area contributed by atoms with Gasteiger partial charge < -0.3 is 9.84 Å². The van der Waals surface area contributed by atoms with Gasteiger partial charge in [-0.1, -0.05) is 34.8 Å². The lowest BCUT2D eigenvalue weighted by Crippen LogP contribution is -2.37. The van der Waals surface area contributed by atoms with E-state index in [4.69, 9.17) is 34.8 Å². The second-order valence-electron chi connectivity index (χ2n) is 5.74. The van der Waals surface area contributed by atoms with Crippen molar-refractivity contribution in [1.82, 2.24) is 0 Å². The van der Waals surface area contributed by atoms with Crippen LogP contribution in [-0.2, 0) is 4.74 Å². The van der Waals surface area contributed by atoms with Gasteiger partial charge in [0.1, 0.15) is 16.9 Å². The Balaban J connectivity index is 2.48. The van der Waals surface area contributed by atoms with E-state index in [1.165, 1.54) is 13.0 Å². The van der Waals surface area contributed by atoms with Gasteiger partial charge in [0.2, 0.25) is 5.78 Å². The summed E-state index contributed by atoms with van der Waals surface area (Å²) in [7, 11) is 1.13. The van der Waals surface area contributed by atoms with Crippen molar-refractivity contribution in [3.8, 4) is 0 Å². The van der Waals surface area contributed by atoms with E-state index in [9.17, 15) is 27.9 Å². The predicted molar refractivity (Wildman–Crippen MR) is 101 cm³/mol. The van der Waals surface area contributed by atoms with Gasteiger partial charge in [-0.2, -0.15) is 13.2 Å². The third-order valence-corrected chi connectivity index (χ3v) is 6.26. The molecule has 1 heterocycles. The molecule has 0 aliphatic heterocycles. The van der Waals surface area contributed by atoms with Crippen LogP contribution in [0.15, 0.2) is 18.2 Å². The maximum absolute atomic E-state index is 13.7. The lowest BCUT2D eigenvalue weighted by molar-refractivity contribution is -0.166. The van der Waals surface area contributed by atoms with E-state index in [2.05, 4.69) is 4.74 Å². The van der Waals surface area contributed by atoms with Crippen LogP contribution in [0.25, 0.3) is 0 Å². The second-order valence-corrected chi connectivity index (χ2v) is 7.99. The van der Waals surface area contributed by atoms with Crippen molar-refractivity contribution in [3.63, 3.8) is 0 Å². The highest BCUT2D eigenvalue weighted by Gasteiger charge is 2.48. The molecule has 0 bridgehead atoms. The number of aryl methyl sites for hydroxylation is 1. The van der Waals surface area contributed by atoms with Crippen molar-refractivity contribution in [2.24, 2.45) is 0 Å². The molecule has 0 saturated heterocycles. The van der Waals surface area contributed by atoms with Gasteiger partial charge in [0, 0.05) is 0 Å². The SMILES string of the molecule is COC(=O)c1sc(C(=O)C(O)C(c2cc(Cl)c(Cl)c(Cl)c2)C(F)(F)F)cc1C. The summed E-state index contributed by atoms with van der Waals surface area (Å²) in [5, 5.41) is 9.62. The number of ketones is 1. The summed E-state index contributed by atoms with van der Waals surface area (Å²) in [4.78, 5) is 24.0. The molecule has 11 heteroatoms. The number of Topliss-reactive ketones (excluding diaryl/α,β-unsaturated/α-hetero) is 1. The van der Waals surface area contributed by atoms with E-state index in [0.29, 0.717) is 16.9 Å². The average molecular weight is 476 g/mol. The topological polar surface area (TPSA) is 63.6 Å². The van der Waals surface area contributed by atoms with E-state index in [1.54, 1.807) is 0 Å². The summed E-state index contributed by atoms with van der Waals surface area (Å²) in [6.45, 7) is 1.49. The maximum Gasteiger partial charge on any atom is 0.398 e. The van der Waals surface area contributed by atoms with Gasteiger partial charge in [0.25, 0.3) is 0 Å². The van der Waals surface area contributed by atoms with Crippen molar-refractivity contribution in [1.29, 1.82) is 0 Å². The number of ether oxygens (including phenoxy) is 1. The molecule has 1 aromatic carbocycles. The lowest BCUT2D eigenvalue weighted by Gasteiger charge is -2.25. The molecule has 152 valence electrons. The molecular formula is C17H12Cl3F3O4S. The van der Waals surface area contributed by atoms with Crippen LogP contribution >= 0.6 is 46.1 Å². The van der Waals surface area contributed by atoms with Gasteiger partial charge >= 0.3 is 12.1 Å². The number of rotatable bonds is 5. The summed E-state index contributed by atoms with van der Waals surface area (Å²) in [6.07, 6.45) is -7.48. The molecule has 0 saturated carbocycles. The highest BCUT2D eigenvalue weighted by atomic mass is 35.5. The van der Waals surface area contributed by atoms with Crippen LogP contribution in [0, 0.1) is 6.92 Å². The molecule has 0 spiro atoms. The van der Waals surface area contributed by atoms with Gasteiger partial charge in [-0.15, -0.1) is 11.3 Å². The Labute approximate surface area is 176 Å². The summed E-state index contributed by atoms with van der Waals surface area (Å²) < 4.78 is 45.5. The van der Waals surface area contributed by atoms with E-state index < -0.39 is 35.5 Å². The molecule has 2 unspecified atom stereocenters. The van der Waals surface area contributed by atoms with Gasteiger partial charge in [-0.05, 0) is 36.2 Å². The van der Waals surface area contributed by atoms with E-state index in [-0.39, 0.29) is 24.8 Å². The van der Waals surface area contributed by atoms with Gasteiger partial charge in [-0.25, -0.2) is 4.79 Å². The van der Waals surface area contributed by atoms with E-state index in [1.807, 2.05) is 0 Å². The van der Waals surface area contributed by atoms with Crippen molar-refractivity contribution >= 4 is 57.9 Å². The number of alkyl halides is 3. The number of carbonyl (C=O) groups excluding carboxylic acids is 2. The standard InChI is InChI=1S/C17H12Cl3F3O4S/c1-6-3-10(28-15(6)16(26)27-2)13(24)14(25)11(17(21,22)23)7-4-8(18)12(20)9(19)5-7/h3-5,11,14,25H,1-2H3. The normalized spacial score (nSPS) is 13.9. The largest absolute Gasteiger partial charge is 0.465 e. The molecule has 0 aliphatic rings. The first-order valence-electron chi connectivity index (χ1n) is 7.50. The molecular weight excluding hydrogens is 464 g/mol. The van der Waals surface area contributed by atoms with Gasteiger partial charge in [0.15, 0.2) is 0 Å². The zero-order valence-electron chi connectivity index (χ0n) is 14.2. The van der Waals surface area contributed by atoms with Crippen LogP contribution in [0.5, 0.6) is 0 Å². The number of halogens is 6. The van der Waals surface area contributed by atoms with Crippen LogP contribution in [0.1, 0.15) is 36.4 Å². The molecule has 0 radical (unpaired) electrons. The number of esters is 1. The second kappa shape index (κ2) is 8.59. The number of aliphatic hydroxyl groups is 1. The molecule has 0 fully saturated rings. The first-order valence-corrected chi connectivity index (χ1v) is 9.45. The number of thiophene rings is 1. The smallest absolute Gasteiger partial charge is 0.398 e. The number of benzene rings is 1. The van der Waals surface area contributed by atoms with Gasteiger partial charge in [0.05, 0.1) is 27.1 Å². The zero-order valence-corrected chi connectivity index (χ0v) is 17.3.